The summed E-state index contributed by atoms with van der Waals surface area (Å²) in [6, 6.07) is 5.72. The molecule has 0 aromatic heterocycles. The quantitative estimate of drug-likeness (QED) is 0.802. The first kappa shape index (κ1) is 13.6. The molecule has 0 saturated carbocycles. The molecule has 20 heavy (non-hydrogen) atoms. The molecule has 4 nitrogen and oxygen atoms in total. The van der Waals surface area contributed by atoms with Gasteiger partial charge in [0.2, 0.25) is 6.79 Å². The third kappa shape index (κ3) is 2.57. The van der Waals surface area contributed by atoms with Crippen molar-refractivity contribution >= 4 is 17.5 Å². The molecule has 5 heteroatoms. The topological polar surface area (TPSA) is 38.8 Å². The molecule has 0 radical (unpaired) electrons. The second-order valence-corrected chi connectivity index (χ2v) is 5.57. The maximum absolute atomic E-state index is 12.6. The monoisotopic (exact) mass is 295 g/mol. The van der Waals surface area contributed by atoms with E-state index in [1.165, 1.54) is 0 Å². The summed E-state index contributed by atoms with van der Waals surface area (Å²) < 4.78 is 10.6. The van der Waals surface area contributed by atoms with Crippen LogP contribution < -0.4 is 9.47 Å². The van der Waals surface area contributed by atoms with Crippen molar-refractivity contribution in [2.75, 3.05) is 19.2 Å². The van der Waals surface area contributed by atoms with Crippen LogP contribution in [0.1, 0.15) is 36.0 Å². The molecule has 0 N–H and O–H groups in total. The van der Waals surface area contributed by atoms with Crippen molar-refractivity contribution in [3.8, 4) is 11.5 Å². The molecule has 1 amide bonds. The Morgan fingerprint density at radius 1 is 1.35 bits per heavy atom. The highest BCUT2D eigenvalue weighted by Crippen LogP contribution is 2.33. The molecule has 0 aliphatic carbocycles. The van der Waals surface area contributed by atoms with Crippen LogP contribution in [-0.2, 0) is 0 Å². The standard InChI is InChI=1S/C15H18ClNO3/c16-7-1-3-12-4-2-8-17(12)15(18)11-5-6-13-14(9-11)20-10-19-13/h5-6,9,12H,1-4,7-8,10H2. The van der Waals surface area contributed by atoms with Crippen molar-refractivity contribution in [2.24, 2.45) is 0 Å². The molecule has 1 aromatic rings. The largest absolute Gasteiger partial charge is 0.454 e. The van der Waals surface area contributed by atoms with Gasteiger partial charge < -0.3 is 14.4 Å². The van der Waals surface area contributed by atoms with Crippen LogP contribution >= 0.6 is 11.6 Å². The zero-order chi connectivity index (χ0) is 13.9. The second-order valence-electron chi connectivity index (χ2n) is 5.19. The van der Waals surface area contributed by atoms with Gasteiger partial charge in [0.1, 0.15) is 0 Å². The molecule has 1 aromatic carbocycles. The number of fused-ring (bicyclic) bond motifs is 1. The van der Waals surface area contributed by atoms with E-state index >= 15 is 0 Å². The van der Waals surface area contributed by atoms with Gasteiger partial charge >= 0.3 is 0 Å². The van der Waals surface area contributed by atoms with Gasteiger partial charge in [-0.3, -0.25) is 4.79 Å². The van der Waals surface area contributed by atoms with E-state index in [0.717, 1.165) is 32.2 Å². The summed E-state index contributed by atoms with van der Waals surface area (Å²) in [5.41, 5.74) is 0.673. The summed E-state index contributed by atoms with van der Waals surface area (Å²) in [6.45, 7) is 1.06. The number of halogens is 1. The number of hydrogen-bond acceptors (Lipinski definition) is 3. The van der Waals surface area contributed by atoms with Crippen LogP contribution in [0.15, 0.2) is 18.2 Å². The first-order valence-corrected chi connectivity index (χ1v) is 7.59. The minimum Gasteiger partial charge on any atom is -0.454 e. The fourth-order valence-corrected chi connectivity index (χ4v) is 3.07. The Labute approximate surface area is 123 Å². The van der Waals surface area contributed by atoms with Gasteiger partial charge in [0.25, 0.3) is 5.91 Å². The lowest BCUT2D eigenvalue weighted by Gasteiger charge is -2.24. The highest BCUT2D eigenvalue weighted by molar-refractivity contribution is 6.17. The van der Waals surface area contributed by atoms with Crippen LogP contribution in [0, 0.1) is 0 Å². The summed E-state index contributed by atoms with van der Waals surface area (Å²) in [6.07, 6.45) is 4.09. The first-order chi connectivity index (χ1) is 9.79. The van der Waals surface area contributed by atoms with Gasteiger partial charge in [-0.1, -0.05) is 0 Å². The van der Waals surface area contributed by atoms with E-state index in [0.29, 0.717) is 29.0 Å². The van der Waals surface area contributed by atoms with Crippen LogP contribution in [-0.4, -0.2) is 36.1 Å². The first-order valence-electron chi connectivity index (χ1n) is 7.06. The summed E-state index contributed by atoms with van der Waals surface area (Å²) in [7, 11) is 0. The second kappa shape index (κ2) is 5.92. The number of benzene rings is 1. The fourth-order valence-electron chi connectivity index (χ4n) is 2.91. The number of amides is 1. The van der Waals surface area contributed by atoms with Crippen LogP contribution in [0.4, 0.5) is 0 Å². The Kier molecular flexibility index (Phi) is 4.01. The molecule has 108 valence electrons. The van der Waals surface area contributed by atoms with Gasteiger partial charge in [0, 0.05) is 24.0 Å². The predicted molar refractivity (Wildman–Crippen MR) is 76.6 cm³/mol. The maximum atomic E-state index is 12.6. The number of ether oxygens (including phenoxy) is 2. The van der Waals surface area contributed by atoms with E-state index in [2.05, 4.69) is 0 Å². The van der Waals surface area contributed by atoms with Crippen molar-refractivity contribution in [3.05, 3.63) is 23.8 Å². The minimum absolute atomic E-state index is 0.0837. The molecular formula is C15H18ClNO3. The van der Waals surface area contributed by atoms with Gasteiger partial charge in [-0.05, 0) is 43.9 Å². The average molecular weight is 296 g/mol. The molecule has 0 spiro atoms. The fraction of sp³-hybridized carbons (Fsp3) is 0.533. The number of carbonyl (C=O) groups excluding carboxylic acids is 1. The third-order valence-electron chi connectivity index (χ3n) is 3.93. The Morgan fingerprint density at radius 3 is 3.05 bits per heavy atom. The van der Waals surface area contributed by atoms with Gasteiger partial charge in [-0.2, -0.15) is 0 Å². The summed E-state index contributed by atoms with van der Waals surface area (Å²) >= 11 is 5.75. The van der Waals surface area contributed by atoms with Gasteiger partial charge in [-0.25, -0.2) is 0 Å². The maximum Gasteiger partial charge on any atom is 0.254 e. The van der Waals surface area contributed by atoms with Gasteiger partial charge in [0.05, 0.1) is 0 Å². The Balaban J connectivity index is 1.74. The zero-order valence-electron chi connectivity index (χ0n) is 11.3. The number of alkyl halides is 1. The number of carbonyl (C=O) groups is 1. The van der Waals surface area contributed by atoms with Crippen molar-refractivity contribution in [1.82, 2.24) is 4.90 Å². The van der Waals surface area contributed by atoms with Gasteiger partial charge in [-0.15, -0.1) is 11.6 Å². The number of hydrogen-bond donors (Lipinski definition) is 0. The van der Waals surface area contributed by atoms with E-state index in [-0.39, 0.29) is 12.7 Å². The number of rotatable bonds is 4. The highest BCUT2D eigenvalue weighted by Gasteiger charge is 2.29. The van der Waals surface area contributed by atoms with E-state index in [1.54, 1.807) is 12.1 Å². The average Bonchev–Trinajstić information content (AvgIpc) is 3.12. The SMILES string of the molecule is O=C(c1ccc2c(c1)OCO2)N1CCCC1CCCCl. The molecule has 3 rings (SSSR count). The Morgan fingerprint density at radius 2 is 2.20 bits per heavy atom. The molecule has 1 saturated heterocycles. The Bertz CT molecular complexity index is 506. The van der Waals surface area contributed by atoms with E-state index in [4.69, 9.17) is 21.1 Å². The molecule has 1 unspecified atom stereocenters. The number of nitrogens with zero attached hydrogens (tertiary/aromatic N) is 1. The molecule has 2 aliphatic heterocycles. The molecule has 0 bridgehead atoms. The van der Waals surface area contributed by atoms with Crippen LogP contribution in [0.5, 0.6) is 11.5 Å². The van der Waals surface area contributed by atoms with Crippen molar-refractivity contribution in [1.29, 1.82) is 0 Å². The summed E-state index contributed by atoms with van der Waals surface area (Å²) in [5.74, 6) is 2.11. The number of likely N-dealkylation sites (tertiary alicyclic amines) is 1. The lowest BCUT2D eigenvalue weighted by atomic mass is 10.1. The summed E-state index contributed by atoms with van der Waals surface area (Å²) in [4.78, 5) is 14.6. The van der Waals surface area contributed by atoms with E-state index < -0.39 is 0 Å². The molecule has 2 aliphatic rings. The van der Waals surface area contributed by atoms with Crippen LogP contribution in [0.2, 0.25) is 0 Å². The molecule has 1 fully saturated rings. The normalized spacial score (nSPS) is 20.4. The highest BCUT2D eigenvalue weighted by atomic mass is 35.5. The lowest BCUT2D eigenvalue weighted by Crippen LogP contribution is -2.35. The van der Waals surface area contributed by atoms with Crippen LogP contribution in [0.3, 0.4) is 0 Å². The molecular weight excluding hydrogens is 278 g/mol. The smallest absolute Gasteiger partial charge is 0.254 e. The molecule has 2 heterocycles. The molecule has 1 atom stereocenters. The zero-order valence-corrected chi connectivity index (χ0v) is 12.1. The van der Waals surface area contributed by atoms with Crippen molar-refractivity contribution in [2.45, 2.75) is 31.7 Å². The van der Waals surface area contributed by atoms with E-state index in [9.17, 15) is 4.79 Å². The summed E-state index contributed by atoms with van der Waals surface area (Å²) in [5, 5.41) is 0. The minimum atomic E-state index is 0.0837. The Hall–Kier alpha value is -1.42. The van der Waals surface area contributed by atoms with Crippen molar-refractivity contribution in [3.63, 3.8) is 0 Å². The van der Waals surface area contributed by atoms with Gasteiger partial charge in [0.15, 0.2) is 11.5 Å². The van der Waals surface area contributed by atoms with E-state index in [1.807, 2.05) is 11.0 Å². The van der Waals surface area contributed by atoms with Crippen LogP contribution in [0.25, 0.3) is 0 Å². The lowest BCUT2D eigenvalue weighted by molar-refractivity contribution is 0.0729. The van der Waals surface area contributed by atoms with Crippen molar-refractivity contribution < 1.29 is 14.3 Å². The predicted octanol–water partition coefficient (Wildman–Crippen LogP) is 3.04. The third-order valence-corrected chi connectivity index (χ3v) is 4.20.